The molecule has 0 aromatic rings. The van der Waals surface area contributed by atoms with Gasteiger partial charge < -0.3 is 83.0 Å². The third kappa shape index (κ3) is 85.8. The van der Waals surface area contributed by atoms with Crippen LogP contribution in [0.4, 0.5) is 0 Å². The lowest BCUT2D eigenvalue weighted by atomic mass is 10.2. The number of likely N-dealkylation sites (N-methyl/N-ethyl adjacent to an activating group) is 9. The van der Waals surface area contributed by atoms with Crippen molar-refractivity contribution in [1.29, 1.82) is 0 Å². The first kappa shape index (κ1) is 139. The minimum atomic E-state index is -0.201. The van der Waals surface area contributed by atoms with E-state index in [0.717, 1.165) is 162 Å². The molecule has 0 aliphatic rings. The minimum Gasteiger partial charge on any atom is -0.496 e. The number of hydrogen-bond donors (Lipinski definition) is 0. The highest BCUT2D eigenvalue weighted by molar-refractivity contribution is 5.69. The van der Waals surface area contributed by atoms with Crippen LogP contribution in [-0.2, 0) is 76.2 Å². The second kappa shape index (κ2) is 90.5. The van der Waals surface area contributed by atoms with Crippen LogP contribution in [0.25, 0.3) is 0 Å². The van der Waals surface area contributed by atoms with Gasteiger partial charge in [0.15, 0.2) is 0 Å². The zero-order chi connectivity index (χ0) is 98.9. The van der Waals surface area contributed by atoms with Gasteiger partial charge in [-0.3, -0.25) is 33.6 Å². The Hall–Kier alpha value is -4.99. The van der Waals surface area contributed by atoms with Crippen LogP contribution in [0.2, 0.25) is 0 Å². The van der Waals surface area contributed by atoms with Crippen molar-refractivity contribution >= 4 is 41.8 Å². The average Bonchev–Trinajstić information content (AvgIpc) is 0.842. The Morgan fingerprint density at radius 3 is 0.532 bits per heavy atom. The Morgan fingerprint density at radius 1 is 0.206 bits per heavy atom. The number of nitrogens with zero attached hydrogens (tertiary/aromatic N) is 9. The summed E-state index contributed by atoms with van der Waals surface area (Å²) in [5.41, 5.74) is 0. The molecule has 0 heterocycles. The highest BCUT2D eigenvalue weighted by atomic mass is 16.6. The van der Waals surface area contributed by atoms with Crippen LogP contribution in [0.3, 0.4) is 0 Å². The summed E-state index contributed by atoms with van der Waals surface area (Å²) < 4.78 is 55.4. The van der Waals surface area contributed by atoms with Gasteiger partial charge in [0, 0.05) is 47.0 Å². The molecule has 756 valence electrons. The molecule has 0 N–H and O–H groups in total. The number of ether oxygens (including phenoxy) is 9. The lowest BCUT2D eigenvalue weighted by molar-refractivity contribution is -0.927. The highest BCUT2D eigenvalue weighted by Gasteiger charge is 2.29. The van der Waals surface area contributed by atoms with Crippen LogP contribution in [0.5, 0.6) is 0 Å². The molecular formula is C101H220N9O16+9. The number of quaternary nitrogens is 9. The summed E-state index contributed by atoms with van der Waals surface area (Å²) in [7, 11) is 12.4. The number of carbonyl (C=O) groups excluding carboxylic acids is 7. The molecule has 126 heavy (non-hydrogen) atoms. The van der Waals surface area contributed by atoms with Crippen molar-refractivity contribution in [2.24, 2.45) is 0 Å². The summed E-state index contributed by atoms with van der Waals surface area (Å²) in [6.07, 6.45) is 23.8. The molecule has 0 rings (SSSR count). The van der Waals surface area contributed by atoms with Gasteiger partial charge in [0.05, 0.1) is 192 Å². The van der Waals surface area contributed by atoms with E-state index in [0.29, 0.717) is 65.5 Å². The summed E-state index contributed by atoms with van der Waals surface area (Å²) >= 11 is 0. The van der Waals surface area contributed by atoms with Crippen LogP contribution in [0.15, 0.2) is 24.7 Å². The quantitative estimate of drug-likeness (QED) is 0.0183. The lowest BCUT2D eigenvalue weighted by Crippen LogP contribution is -2.51. The van der Waals surface area contributed by atoms with Crippen molar-refractivity contribution in [1.82, 2.24) is 0 Å². The predicted octanol–water partition coefficient (Wildman–Crippen LogP) is 18.3. The number of unbranched alkanes of at least 4 members (excludes halogenated alkanes) is 2. The van der Waals surface area contributed by atoms with E-state index in [2.05, 4.69) is 188 Å². The molecule has 0 bridgehead atoms. The summed E-state index contributed by atoms with van der Waals surface area (Å²) in [6, 6.07) is 0. The Morgan fingerprint density at radius 2 is 0.373 bits per heavy atom. The SMILES string of the molecule is C/C=C/OCC[N+](CC)(CCC)CCC.C/C=C/OCC[N+](CC)(CCC)CCCC.CC(=O)OCC[N+](C)(C)C.CCC(=O)OCC[N+](C)(C)C.CCC(=O)OCC[N+](CC)(CC)CC.CCCC[N+](CC)(CCC)CCOC(C)=O.CCC[N+](CC)(CCC)CCOC(=O)CC.CCC[N+](CC)(CCC)CCOC(C)=O.CC[N+](CC)(CC)CCOC(C)=O. The fourth-order valence-electron chi connectivity index (χ4n) is 15.0. The Kier molecular flexibility index (Phi) is 99.8. The first-order valence-corrected chi connectivity index (χ1v) is 50.4. The third-order valence-corrected chi connectivity index (χ3v) is 24.0. The maximum atomic E-state index is 11.1. The fourth-order valence-corrected chi connectivity index (χ4v) is 15.0. The minimum absolute atomic E-state index is 0.0813. The van der Waals surface area contributed by atoms with Crippen LogP contribution >= 0.6 is 0 Å². The summed E-state index contributed by atoms with van der Waals surface area (Å²) in [5.74, 6) is -1.000. The van der Waals surface area contributed by atoms with E-state index in [9.17, 15) is 33.6 Å². The van der Waals surface area contributed by atoms with Crippen LogP contribution in [0.1, 0.15) is 304 Å². The fraction of sp³-hybridized carbons (Fsp3) is 0.891. The average molecular weight is 1820 g/mol. The topological polar surface area (TPSA) is 203 Å². The van der Waals surface area contributed by atoms with Crippen molar-refractivity contribution in [3.63, 3.8) is 0 Å². The first-order valence-electron chi connectivity index (χ1n) is 50.4. The maximum absolute atomic E-state index is 11.1. The smallest absolute Gasteiger partial charge is 0.305 e. The molecule has 0 saturated heterocycles. The van der Waals surface area contributed by atoms with Gasteiger partial charge in [-0.15, -0.1) is 0 Å². The molecular weight excluding hydrogens is 1600 g/mol. The van der Waals surface area contributed by atoms with E-state index in [1.807, 2.05) is 39.8 Å². The zero-order valence-corrected chi connectivity index (χ0v) is 90.6. The molecule has 25 heteroatoms. The zero-order valence-electron chi connectivity index (χ0n) is 90.6. The standard InChI is InChI=1S/C14H30NO.2C13H28NO2.C13H28NO.C12H26NO2.C11H24NO2.C10H22NO2.C8H18NO2.C7H16NO2/c1-5-9-11-15(8-4,10-6-2)12-14-16-13-7-3;1-5-8-10-14(7-3,9-6-2)11-12-16-13(4)15;1-5-9-14(8-4,10-6-2)11-12-16-13(15)7-3;1-5-9-14(8-4,10-6-2)11-13-15-12-7-3;1-5-8-13(7-3,9-6-2)10-11-15-12(4)14;1-5-11(13)14-10-9-12(6-2,7-3)8-4;1-5-11(6-2,7-3)8-9-13-10(4)12;1-5-8(10)11-7-6-9(2,3)4;1-7(9)10-6-5-8(2,3)4/h7,13H,5-6,8-12,14H2,1-4H3;2*5-12H2,1-4H3;7,12H,5-6,8-11,13H2,1-4H3;5-11H2,1-4H3;5-10H2,1-4H3;5-9H2,1-4H3;5-7H2,1-4H3;5-6H2,1-4H3/q9*+1/b13-7+;;;12-7+;;;;;. The number of hydrogen-bond acceptors (Lipinski definition) is 16. The van der Waals surface area contributed by atoms with Gasteiger partial charge in [0.2, 0.25) is 0 Å². The molecule has 0 spiro atoms. The Labute approximate surface area is 781 Å². The molecule has 0 fully saturated rings. The van der Waals surface area contributed by atoms with Gasteiger partial charge in [0.1, 0.15) is 118 Å². The van der Waals surface area contributed by atoms with Gasteiger partial charge in [-0.1, -0.05) is 115 Å². The largest absolute Gasteiger partial charge is 0.496 e. The van der Waals surface area contributed by atoms with E-state index in [1.54, 1.807) is 19.4 Å². The van der Waals surface area contributed by atoms with Crippen LogP contribution in [0, 0.1) is 0 Å². The van der Waals surface area contributed by atoms with E-state index in [4.69, 9.17) is 42.6 Å². The lowest BCUT2D eigenvalue weighted by Gasteiger charge is -2.37. The van der Waals surface area contributed by atoms with E-state index in [-0.39, 0.29) is 41.8 Å². The van der Waals surface area contributed by atoms with Gasteiger partial charge >= 0.3 is 41.8 Å². The number of carbonyl (C=O) groups is 7. The molecule has 0 saturated carbocycles. The third-order valence-electron chi connectivity index (χ3n) is 24.0. The van der Waals surface area contributed by atoms with Gasteiger partial charge in [0.25, 0.3) is 0 Å². The number of esters is 7. The molecule has 0 amide bonds. The molecule has 0 aliphatic carbocycles. The van der Waals surface area contributed by atoms with Crippen molar-refractivity contribution < 1.29 is 117 Å². The van der Waals surface area contributed by atoms with Gasteiger partial charge in [-0.25, -0.2) is 0 Å². The summed E-state index contributed by atoms with van der Waals surface area (Å²) in [5, 5.41) is 0. The predicted molar refractivity (Wildman–Crippen MR) is 530 cm³/mol. The first-order chi connectivity index (χ1) is 59.4. The van der Waals surface area contributed by atoms with Crippen LogP contribution in [-0.4, -0.2) is 380 Å². The van der Waals surface area contributed by atoms with Crippen LogP contribution < -0.4 is 0 Å². The summed E-state index contributed by atoms with van der Waals surface area (Å²) in [6.45, 7) is 101. The molecule has 2 atom stereocenters. The number of rotatable bonds is 65. The second-order valence-corrected chi connectivity index (χ2v) is 35.7. The monoisotopic (exact) mass is 1820 g/mol. The van der Waals surface area contributed by atoms with E-state index < -0.39 is 0 Å². The molecule has 0 aromatic heterocycles. The van der Waals surface area contributed by atoms with Gasteiger partial charge in [-0.05, 0) is 154 Å². The Balaban J connectivity index is -0.000000175. The van der Waals surface area contributed by atoms with Crippen molar-refractivity contribution in [3.05, 3.63) is 24.7 Å². The molecule has 25 nitrogen and oxygen atoms in total. The molecule has 0 aromatic carbocycles. The van der Waals surface area contributed by atoms with Crippen molar-refractivity contribution in [2.45, 2.75) is 304 Å². The molecule has 0 aliphatic heterocycles. The molecule has 2 unspecified atom stereocenters. The van der Waals surface area contributed by atoms with E-state index in [1.165, 1.54) is 192 Å². The highest BCUT2D eigenvalue weighted by Crippen LogP contribution is 2.16. The normalized spacial score (nSPS) is 12.4. The number of allylic oxidation sites excluding steroid dienone is 2. The maximum Gasteiger partial charge on any atom is 0.305 e. The van der Waals surface area contributed by atoms with Gasteiger partial charge in [-0.2, -0.15) is 0 Å². The van der Waals surface area contributed by atoms with E-state index >= 15 is 0 Å². The Bertz CT molecular complexity index is 2510. The molecule has 0 radical (unpaired) electrons. The van der Waals surface area contributed by atoms with Crippen molar-refractivity contribution in [3.8, 4) is 0 Å². The summed E-state index contributed by atoms with van der Waals surface area (Å²) in [4.78, 5) is 75.0. The second-order valence-electron chi connectivity index (χ2n) is 35.7. The van der Waals surface area contributed by atoms with Crippen molar-refractivity contribution in [2.75, 3.05) is 298 Å².